The highest BCUT2D eigenvalue weighted by atomic mass is 79.9. The van der Waals surface area contributed by atoms with Crippen LogP contribution in [-0.2, 0) is 9.53 Å². The number of halogens is 2. The summed E-state index contributed by atoms with van der Waals surface area (Å²) in [6.07, 6.45) is 3.47. The smallest absolute Gasteiger partial charge is 0.206 e. The van der Waals surface area contributed by atoms with Crippen molar-refractivity contribution in [1.82, 2.24) is 0 Å². The molecule has 0 aromatic carbocycles. The molecule has 0 saturated carbocycles. The Morgan fingerprint density at radius 2 is 1.75 bits per heavy atom. The Kier molecular flexibility index (Phi) is 2.91. The molecule has 0 radical (unpaired) electrons. The lowest BCUT2D eigenvalue weighted by Crippen LogP contribution is -2.26. The standard InChI is InChI=1S/C8H8Br2O2/c1-8(12-2)3-5(9)7(11)6(10)4-8/h3-4H,1-2H3. The molecule has 0 aliphatic heterocycles. The van der Waals surface area contributed by atoms with E-state index in [1.165, 1.54) is 0 Å². The molecule has 0 N–H and O–H groups in total. The van der Waals surface area contributed by atoms with E-state index in [4.69, 9.17) is 4.74 Å². The van der Waals surface area contributed by atoms with Crippen LogP contribution in [0.5, 0.6) is 0 Å². The number of rotatable bonds is 1. The van der Waals surface area contributed by atoms with E-state index in [1.54, 1.807) is 19.3 Å². The van der Waals surface area contributed by atoms with Crippen LogP contribution in [0.3, 0.4) is 0 Å². The van der Waals surface area contributed by atoms with Crippen molar-refractivity contribution in [2.24, 2.45) is 0 Å². The van der Waals surface area contributed by atoms with Crippen molar-refractivity contribution < 1.29 is 9.53 Å². The van der Waals surface area contributed by atoms with Crippen LogP contribution in [0.4, 0.5) is 0 Å². The lowest BCUT2D eigenvalue weighted by Gasteiger charge is -2.24. The van der Waals surface area contributed by atoms with Crippen LogP contribution in [0.1, 0.15) is 6.92 Å². The number of hydrogen-bond acceptors (Lipinski definition) is 2. The SMILES string of the molecule is COC1(C)C=C(Br)C(=O)C(Br)=C1. The summed E-state index contributed by atoms with van der Waals surface area (Å²) < 4.78 is 6.26. The van der Waals surface area contributed by atoms with Gasteiger partial charge in [-0.1, -0.05) is 0 Å². The average molecular weight is 296 g/mol. The van der Waals surface area contributed by atoms with Crippen molar-refractivity contribution in [1.29, 1.82) is 0 Å². The van der Waals surface area contributed by atoms with E-state index in [-0.39, 0.29) is 5.78 Å². The molecule has 1 aliphatic rings. The van der Waals surface area contributed by atoms with Crippen LogP contribution in [-0.4, -0.2) is 18.5 Å². The van der Waals surface area contributed by atoms with Crippen LogP contribution in [0.15, 0.2) is 21.1 Å². The summed E-state index contributed by atoms with van der Waals surface area (Å²) in [4.78, 5) is 11.2. The first-order valence-corrected chi connectivity index (χ1v) is 4.94. The normalized spacial score (nSPS) is 21.8. The Bertz CT molecular complexity index is 257. The van der Waals surface area contributed by atoms with Gasteiger partial charge in [0, 0.05) is 7.11 Å². The first-order valence-electron chi connectivity index (χ1n) is 3.35. The number of methoxy groups -OCH3 is 1. The minimum absolute atomic E-state index is 0.0514. The Morgan fingerprint density at radius 3 is 2.08 bits per heavy atom. The summed E-state index contributed by atoms with van der Waals surface area (Å²) in [6, 6.07) is 0. The molecule has 1 rings (SSSR count). The van der Waals surface area contributed by atoms with Gasteiger partial charge in [0.1, 0.15) is 5.60 Å². The van der Waals surface area contributed by atoms with Gasteiger partial charge in [-0.2, -0.15) is 0 Å². The van der Waals surface area contributed by atoms with Gasteiger partial charge in [-0.15, -0.1) is 0 Å². The van der Waals surface area contributed by atoms with Crippen molar-refractivity contribution in [3.63, 3.8) is 0 Å². The molecule has 0 heterocycles. The number of ether oxygens (including phenoxy) is 1. The monoisotopic (exact) mass is 294 g/mol. The molecule has 4 heteroatoms. The minimum Gasteiger partial charge on any atom is -0.370 e. The van der Waals surface area contributed by atoms with Crippen LogP contribution in [0.25, 0.3) is 0 Å². The predicted octanol–water partition coefficient (Wildman–Crippen LogP) is 2.53. The van der Waals surface area contributed by atoms with Gasteiger partial charge in [-0.05, 0) is 50.9 Å². The molecule has 0 atom stereocenters. The highest BCUT2D eigenvalue weighted by molar-refractivity contribution is 9.13. The molecule has 12 heavy (non-hydrogen) atoms. The molecule has 0 aromatic heterocycles. The fourth-order valence-electron chi connectivity index (χ4n) is 0.908. The quantitative estimate of drug-likeness (QED) is 0.743. The molecule has 0 aromatic rings. The lowest BCUT2D eigenvalue weighted by molar-refractivity contribution is -0.111. The summed E-state index contributed by atoms with van der Waals surface area (Å²) in [7, 11) is 1.60. The van der Waals surface area contributed by atoms with Crippen LogP contribution < -0.4 is 0 Å². The number of allylic oxidation sites excluding steroid dienone is 2. The zero-order chi connectivity index (χ0) is 9.35. The van der Waals surface area contributed by atoms with Crippen LogP contribution in [0, 0.1) is 0 Å². The zero-order valence-electron chi connectivity index (χ0n) is 6.73. The van der Waals surface area contributed by atoms with Crippen LogP contribution >= 0.6 is 31.9 Å². The molecule has 0 amide bonds. The lowest BCUT2D eigenvalue weighted by atomic mass is 10.00. The Balaban J connectivity index is 3.07. The van der Waals surface area contributed by atoms with Crippen molar-refractivity contribution >= 4 is 37.6 Å². The summed E-state index contributed by atoms with van der Waals surface area (Å²) >= 11 is 6.34. The summed E-state index contributed by atoms with van der Waals surface area (Å²) in [6.45, 7) is 1.88. The summed E-state index contributed by atoms with van der Waals surface area (Å²) in [5.41, 5.74) is -0.494. The first-order chi connectivity index (χ1) is 5.48. The van der Waals surface area contributed by atoms with Crippen molar-refractivity contribution in [3.8, 4) is 0 Å². The average Bonchev–Trinajstić information content (AvgIpc) is 2.00. The summed E-state index contributed by atoms with van der Waals surface area (Å²) in [5.74, 6) is -0.0514. The second-order valence-electron chi connectivity index (χ2n) is 2.70. The van der Waals surface area contributed by atoms with E-state index in [9.17, 15) is 4.79 Å². The number of carbonyl (C=O) groups excluding carboxylic acids is 1. The van der Waals surface area contributed by atoms with E-state index in [2.05, 4.69) is 31.9 Å². The maximum absolute atomic E-state index is 11.2. The predicted molar refractivity (Wildman–Crippen MR) is 54.4 cm³/mol. The molecular formula is C8H8Br2O2. The second kappa shape index (κ2) is 3.44. The molecule has 0 fully saturated rings. The molecule has 0 unspecified atom stereocenters. The molecule has 0 saturated heterocycles. The van der Waals surface area contributed by atoms with Gasteiger partial charge in [0.15, 0.2) is 0 Å². The van der Waals surface area contributed by atoms with E-state index in [0.717, 1.165) is 0 Å². The van der Waals surface area contributed by atoms with Gasteiger partial charge < -0.3 is 4.74 Å². The topological polar surface area (TPSA) is 26.3 Å². The Hall–Kier alpha value is 0.0700. The van der Waals surface area contributed by atoms with Crippen molar-refractivity contribution in [2.75, 3.05) is 7.11 Å². The van der Waals surface area contributed by atoms with Gasteiger partial charge in [0.05, 0.1) is 8.96 Å². The third-order valence-electron chi connectivity index (χ3n) is 1.70. The molecule has 2 nitrogen and oxygen atoms in total. The number of ketones is 1. The highest BCUT2D eigenvalue weighted by Crippen LogP contribution is 2.30. The maximum atomic E-state index is 11.2. The van der Waals surface area contributed by atoms with Gasteiger partial charge >= 0.3 is 0 Å². The molecule has 0 spiro atoms. The Labute approximate surface area is 87.9 Å². The van der Waals surface area contributed by atoms with E-state index in [1.807, 2.05) is 6.92 Å². The van der Waals surface area contributed by atoms with Crippen molar-refractivity contribution in [2.45, 2.75) is 12.5 Å². The van der Waals surface area contributed by atoms with Gasteiger partial charge in [-0.25, -0.2) is 0 Å². The third kappa shape index (κ3) is 1.87. The Morgan fingerprint density at radius 1 is 1.33 bits per heavy atom. The molecule has 0 bridgehead atoms. The highest BCUT2D eigenvalue weighted by Gasteiger charge is 2.27. The van der Waals surface area contributed by atoms with Crippen LogP contribution in [0.2, 0.25) is 0 Å². The zero-order valence-corrected chi connectivity index (χ0v) is 9.90. The molecule has 1 aliphatic carbocycles. The number of Topliss-reactive ketones (excluding diaryl/α,β-unsaturated/α-hetero) is 1. The third-order valence-corrected chi connectivity index (χ3v) is 2.88. The molecular weight excluding hydrogens is 288 g/mol. The second-order valence-corrected chi connectivity index (χ2v) is 4.41. The number of carbonyl (C=O) groups is 1. The fraction of sp³-hybridized carbons (Fsp3) is 0.375. The van der Waals surface area contributed by atoms with E-state index >= 15 is 0 Å². The van der Waals surface area contributed by atoms with Gasteiger partial charge in [0.2, 0.25) is 5.78 Å². The van der Waals surface area contributed by atoms with Gasteiger partial charge in [0.25, 0.3) is 0 Å². The minimum atomic E-state index is -0.494. The maximum Gasteiger partial charge on any atom is 0.206 e. The van der Waals surface area contributed by atoms with E-state index < -0.39 is 5.60 Å². The fourth-order valence-corrected chi connectivity index (χ4v) is 2.51. The van der Waals surface area contributed by atoms with Crippen molar-refractivity contribution in [3.05, 3.63) is 21.1 Å². The number of hydrogen-bond donors (Lipinski definition) is 0. The van der Waals surface area contributed by atoms with E-state index in [0.29, 0.717) is 8.96 Å². The summed E-state index contributed by atoms with van der Waals surface area (Å²) in [5, 5.41) is 0. The largest absolute Gasteiger partial charge is 0.370 e. The first kappa shape index (κ1) is 10.2. The molecule has 66 valence electrons. The van der Waals surface area contributed by atoms with Gasteiger partial charge in [-0.3, -0.25) is 4.79 Å².